The molecule has 0 heterocycles. The van der Waals surface area contributed by atoms with Crippen LogP contribution in [0, 0.1) is 5.82 Å². The van der Waals surface area contributed by atoms with Crippen molar-refractivity contribution >= 4 is 11.0 Å². The van der Waals surface area contributed by atoms with E-state index in [1.54, 1.807) is 20.8 Å². The van der Waals surface area contributed by atoms with E-state index in [9.17, 15) is 17.4 Å². The van der Waals surface area contributed by atoms with E-state index in [4.69, 9.17) is 5.14 Å². The van der Waals surface area contributed by atoms with Crippen molar-refractivity contribution in [3.63, 3.8) is 0 Å². The normalized spacial score (nSPS) is 16.0. The van der Waals surface area contributed by atoms with E-state index in [0.29, 0.717) is 12.0 Å². The van der Waals surface area contributed by atoms with Gasteiger partial charge in [-0.1, -0.05) is 19.1 Å². The quantitative estimate of drug-likeness (QED) is 0.882. The molecule has 2 atom stereocenters. The number of alkyl halides is 2. The van der Waals surface area contributed by atoms with Gasteiger partial charge in [-0.05, 0) is 37.8 Å². The Labute approximate surface area is 120 Å². The minimum absolute atomic E-state index is 0.267. The molecule has 114 valence electrons. The third kappa shape index (κ3) is 4.06. The molecule has 2 nitrogen and oxygen atoms in total. The third-order valence-corrected chi connectivity index (χ3v) is 4.64. The first-order valence-electron chi connectivity index (χ1n) is 6.29. The van der Waals surface area contributed by atoms with Crippen LogP contribution in [0.3, 0.4) is 0 Å². The van der Waals surface area contributed by atoms with Crippen molar-refractivity contribution in [2.75, 3.05) is 0 Å². The fourth-order valence-corrected chi connectivity index (χ4v) is 2.54. The average molecular weight is 307 g/mol. The Balaban J connectivity index is 3.01. The summed E-state index contributed by atoms with van der Waals surface area (Å²) < 4.78 is 50.9. The van der Waals surface area contributed by atoms with Gasteiger partial charge in [0.15, 0.2) is 0 Å². The maximum atomic E-state index is 14.0. The number of hydrogen-bond donors (Lipinski definition) is 1. The van der Waals surface area contributed by atoms with Gasteiger partial charge in [-0.3, -0.25) is 5.14 Å². The fourth-order valence-electron chi connectivity index (χ4n) is 2.13. The molecule has 1 aromatic carbocycles. The second-order valence-corrected chi connectivity index (χ2v) is 7.49. The van der Waals surface area contributed by atoms with E-state index < -0.39 is 27.5 Å². The number of nitrogens with two attached hydrogens (primary N) is 1. The zero-order valence-corrected chi connectivity index (χ0v) is 12.9. The summed E-state index contributed by atoms with van der Waals surface area (Å²) in [5.74, 6) is -4.01. The minimum atomic E-state index is -3.07. The van der Waals surface area contributed by atoms with Gasteiger partial charge in [0.2, 0.25) is 0 Å². The largest absolute Gasteiger partial charge is 0.270 e. The highest BCUT2D eigenvalue weighted by atomic mass is 32.2. The summed E-state index contributed by atoms with van der Waals surface area (Å²) in [6, 6.07) is 3.45. The van der Waals surface area contributed by atoms with Crippen LogP contribution in [0.5, 0.6) is 0 Å². The van der Waals surface area contributed by atoms with E-state index in [0.717, 1.165) is 13.0 Å². The van der Waals surface area contributed by atoms with Gasteiger partial charge >= 0.3 is 0 Å². The lowest BCUT2D eigenvalue weighted by Crippen LogP contribution is -2.33. The van der Waals surface area contributed by atoms with Crippen molar-refractivity contribution in [1.29, 1.82) is 0 Å². The van der Waals surface area contributed by atoms with Gasteiger partial charge in [0, 0.05) is 12.5 Å². The van der Waals surface area contributed by atoms with Crippen molar-refractivity contribution in [3.8, 4) is 0 Å². The Kier molecular flexibility index (Phi) is 5.03. The standard InChI is InChI=1S/C14H20F3NOS/c1-9(8-13(2,3)20(18)19)11-6-5-10(7-12(11)15)14(4,16)17/h5-7,9H,8,18H2,1-4H3/t9-,20?/m0/s1. The summed E-state index contributed by atoms with van der Waals surface area (Å²) in [5, 5.41) is 5.40. The van der Waals surface area contributed by atoms with Crippen LogP contribution < -0.4 is 5.14 Å². The highest BCUT2D eigenvalue weighted by Crippen LogP contribution is 2.33. The average Bonchev–Trinajstić information content (AvgIpc) is 2.26. The summed E-state index contributed by atoms with van der Waals surface area (Å²) in [6.45, 7) is 5.94. The summed E-state index contributed by atoms with van der Waals surface area (Å²) >= 11 is 0. The van der Waals surface area contributed by atoms with Crippen LogP contribution in [0.25, 0.3) is 0 Å². The molecule has 0 spiro atoms. The van der Waals surface area contributed by atoms with Crippen LogP contribution in [0.2, 0.25) is 0 Å². The van der Waals surface area contributed by atoms with Crippen molar-refractivity contribution in [1.82, 2.24) is 0 Å². The summed E-state index contributed by atoms with van der Waals surface area (Å²) in [4.78, 5) is 0. The van der Waals surface area contributed by atoms with Gasteiger partial charge in [0.1, 0.15) is 5.82 Å². The predicted molar refractivity (Wildman–Crippen MR) is 75.4 cm³/mol. The molecule has 0 fully saturated rings. The van der Waals surface area contributed by atoms with E-state index in [1.807, 2.05) is 0 Å². The van der Waals surface area contributed by atoms with E-state index >= 15 is 0 Å². The fraction of sp³-hybridized carbons (Fsp3) is 0.571. The topological polar surface area (TPSA) is 43.1 Å². The maximum Gasteiger partial charge on any atom is 0.270 e. The molecule has 20 heavy (non-hydrogen) atoms. The molecule has 1 rings (SSSR count). The Hall–Kier alpha value is -0.880. The summed E-state index contributed by atoms with van der Waals surface area (Å²) in [5.41, 5.74) is -0.0239. The van der Waals surface area contributed by atoms with E-state index in [2.05, 4.69) is 0 Å². The van der Waals surface area contributed by atoms with Crippen LogP contribution in [0.4, 0.5) is 13.2 Å². The molecule has 0 aliphatic rings. The van der Waals surface area contributed by atoms with Crippen LogP contribution in [0.15, 0.2) is 18.2 Å². The van der Waals surface area contributed by atoms with E-state index in [-0.39, 0.29) is 11.5 Å². The molecule has 0 aliphatic heterocycles. The number of rotatable bonds is 5. The molecule has 0 aliphatic carbocycles. The first-order valence-corrected chi connectivity index (χ1v) is 7.50. The van der Waals surface area contributed by atoms with Gasteiger partial charge in [-0.2, -0.15) is 0 Å². The SMILES string of the molecule is C[C@@H](CC(C)(C)S(N)=O)c1ccc(C(C)(F)F)cc1F. The molecule has 0 saturated heterocycles. The summed E-state index contributed by atoms with van der Waals surface area (Å²) in [6.07, 6.45) is 0.398. The molecule has 0 aromatic heterocycles. The lowest BCUT2D eigenvalue weighted by molar-refractivity contribution is 0.0171. The van der Waals surface area contributed by atoms with Gasteiger partial charge in [-0.15, -0.1) is 0 Å². The predicted octanol–water partition coefficient (Wildman–Crippen LogP) is 3.83. The number of halogens is 3. The first-order chi connectivity index (χ1) is 8.95. The maximum absolute atomic E-state index is 14.0. The number of benzene rings is 1. The second kappa shape index (κ2) is 5.85. The monoisotopic (exact) mass is 307 g/mol. The first kappa shape index (κ1) is 17.2. The lowest BCUT2D eigenvalue weighted by Gasteiger charge is -2.26. The second-order valence-electron chi connectivity index (χ2n) is 5.79. The summed E-state index contributed by atoms with van der Waals surface area (Å²) in [7, 11) is -1.54. The van der Waals surface area contributed by atoms with Crippen molar-refractivity contribution < 1.29 is 17.4 Å². The van der Waals surface area contributed by atoms with E-state index in [1.165, 1.54) is 12.1 Å². The molecule has 0 radical (unpaired) electrons. The molecule has 0 bridgehead atoms. The van der Waals surface area contributed by atoms with Crippen molar-refractivity contribution in [2.24, 2.45) is 5.14 Å². The van der Waals surface area contributed by atoms with Gasteiger partial charge in [0.05, 0.1) is 15.7 Å². The third-order valence-electron chi connectivity index (χ3n) is 3.38. The van der Waals surface area contributed by atoms with Crippen LogP contribution >= 0.6 is 0 Å². The molecular weight excluding hydrogens is 287 g/mol. The Bertz CT molecular complexity index is 512. The van der Waals surface area contributed by atoms with Gasteiger partial charge < -0.3 is 0 Å². The highest BCUT2D eigenvalue weighted by molar-refractivity contribution is 7.84. The van der Waals surface area contributed by atoms with Crippen LogP contribution in [-0.4, -0.2) is 8.96 Å². The smallest absolute Gasteiger partial charge is 0.251 e. The molecule has 1 aromatic rings. The Morgan fingerprint density at radius 2 is 1.85 bits per heavy atom. The van der Waals surface area contributed by atoms with Gasteiger partial charge in [0.25, 0.3) is 5.92 Å². The van der Waals surface area contributed by atoms with Crippen molar-refractivity contribution in [2.45, 2.75) is 50.7 Å². The molecule has 0 amide bonds. The molecule has 1 unspecified atom stereocenters. The van der Waals surface area contributed by atoms with Gasteiger partial charge in [-0.25, -0.2) is 17.4 Å². The zero-order chi connectivity index (χ0) is 15.7. The Morgan fingerprint density at radius 1 is 1.30 bits per heavy atom. The van der Waals surface area contributed by atoms with Crippen molar-refractivity contribution in [3.05, 3.63) is 35.1 Å². The molecule has 0 saturated carbocycles. The van der Waals surface area contributed by atoms with Crippen LogP contribution in [-0.2, 0) is 16.9 Å². The molecule has 2 N–H and O–H groups in total. The Morgan fingerprint density at radius 3 is 2.25 bits per heavy atom. The number of hydrogen-bond acceptors (Lipinski definition) is 1. The zero-order valence-electron chi connectivity index (χ0n) is 12.0. The molecule has 6 heteroatoms. The molecular formula is C14H20F3NOS. The van der Waals surface area contributed by atoms with Crippen LogP contribution in [0.1, 0.15) is 51.2 Å². The highest BCUT2D eigenvalue weighted by Gasteiger charge is 2.29. The minimum Gasteiger partial charge on any atom is -0.251 e. The lowest BCUT2D eigenvalue weighted by atomic mass is 9.90.